The smallest absolute Gasteiger partial charge is 0.410 e. The van der Waals surface area contributed by atoms with Crippen LogP contribution >= 0.6 is 0 Å². The third-order valence-electron chi connectivity index (χ3n) is 4.53. The fourth-order valence-corrected chi connectivity index (χ4v) is 3.23. The molecular formula is C16H25FN2O3. The molecule has 0 aliphatic carbocycles. The van der Waals surface area contributed by atoms with E-state index in [4.69, 9.17) is 9.47 Å². The van der Waals surface area contributed by atoms with Crippen LogP contribution in [0.3, 0.4) is 0 Å². The van der Waals surface area contributed by atoms with Gasteiger partial charge in [0, 0.05) is 18.7 Å². The topological polar surface area (TPSA) is 42.0 Å². The number of halogens is 1. The lowest BCUT2D eigenvalue weighted by atomic mass is 9.88. The van der Waals surface area contributed by atoms with Crippen molar-refractivity contribution in [1.82, 2.24) is 9.80 Å². The maximum atomic E-state index is 15.0. The van der Waals surface area contributed by atoms with Crippen molar-refractivity contribution in [3.8, 4) is 0 Å². The normalized spacial score (nSPS) is 24.7. The summed E-state index contributed by atoms with van der Waals surface area (Å²) >= 11 is 0. The first-order valence-corrected chi connectivity index (χ1v) is 8.01. The molecule has 5 nitrogen and oxygen atoms in total. The van der Waals surface area contributed by atoms with Gasteiger partial charge in [-0.15, -0.1) is 0 Å². The van der Waals surface area contributed by atoms with Crippen LogP contribution in [-0.4, -0.2) is 66.4 Å². The molecule has 0 saturated carbocycles. The number of likely N-dealkylation sites (tertiary alicyclic amines) is 2. The number of carbonyl (C=O) groups excluding carboxylic acids is 1. The van der Waals surface area contributed by atoms with E-state index in [1.165, 1.54) is 4.90 Å². The molecule has 124 valence electrons. The van der Waals surface area contributed by atoms with E-state index in [2.05, 4.69) is 4.90 Å². The molecule has 0 N–H and O–H groups in total. The maximum absolute atomic E-state index is 15.0. The SMILES string of the molecule is CC(C)(C)OC(=O)N1CC(=C(F)C2(N3CCCC3)COC2)C1. The van der Waals surface area contributed by atoms with Gasteiger partial charge in [-0.3, -0.25) is 9.80 Å². The average molecular weight is 312 g/mol. The minimum atomic E-state index is -0.564. The van der Waals surface area contributed by atoms with Gasteiger partial charge in [0.25, 0.3) is 0 Å². The maximum Gasteiger partial charge on any atom is 0.410 e. The lowest BCUT2D eigenvalue weighted by molar-refractivity contribution is -0.123. The molecule has 0 aromatic heterocycles. The predicted octanol–water partition coefficient (Wildman–Crippen LogP) is 2.33. The summed E-state index contributed by atoms with van der Waals surface area (Å²) in [6, 6.07) is 0. The zero-order valence-corrected chi connectivity index (χ0v) is 13.7. The molecule has 3 fully saturated rings. The van der Waals surface area contributed by atoms with Gasteiger partial charge in [-0.05, 0) is 46.7 Å². The van der Waals surface area contributed by atoms with E-state index in [-0.39, 0.29) is 11.9 Å². The minimum absolute atomic E-state index is 0.0829. The van der Waals surface area contributed by atoms with E-state index >= 15 is 0 Å². The zero-order chi connectivity index (χ0) is 16.0. The number of nitrogens with zero attached hydrogens (tertiary/aromatic N) is 2. The van der Waals surface area contributed by atoms with Crippen LogP contribution in [0.5, 0.6) is 0 Å². The molecule has 3 saturated heterocycles. The van der Waals surface area contributed by atoms with Crippen molar-refractivity contribution in [2.45, 2.75) is 44.8 Å². The van der Waals surface area contributed by atoms with Crippen LogP contribution in [0.2, 0.25) is 0 Å². The van der Waals surface area contributed by atoms with Gasteiger partial charge in [0.05, 0.1) is 13.2 Å². The van der Waals surface area contributed by atoms with E-state index in [1.807, 2.05) is 20.8 Å². The van der Waals surface area contributed by atoms with Gasteiger partial charge in [0.1, 0.15) is 17.0 Å². The summed E-state index contributed by atoms with van der Waals surface area (Å²) in [6.45, 7) is 8.86. The Labute approximate surface area is 131 Å². The largest absolute Gasteiger partial charge is 0.444 e. The van der Waals surface area contributed by atoms with Gasteiger partial charge >= 0.3 is 6.09 Å². The van der Waals surface area contributed by atoms with Crippen molar-refractivity contribution in [3.05, 3.63) is 11.4 Å². The molecule has 0 radical (unpaired) electrons. The first kappa shape index (κ1) is 15.7. The molecule has 6 heteroatoms. The van der Waals surface area contributed by atoms with E-state index < -0.39 is 11.1 Å². The third kappa shape index (κ3) is 2.74. The van der Waals surface area contributed by atoms with Gasteiger partial charge in [-0.1, -0.05) is 0 Å². The minimum Gasteiger partial charge on any atom is -0.444 e. The highest BCUT2D eigenvalue weighted by molar-refractivity contribution is 5.71. The van der Waals surface area contributed by atoms with Gasteiger partial charge in [0.2, 0.25) is 0 Å². The summed E-state index contributed by atoms with van der Waals surface area (Å²) in [5, 5.41) is 0. The zero-order valence-electron chi connectivity index (χ0n) is 13.7. The fraction of sp³-hybridized carbons (Fsp3) is 0.812. The van der Waals surface area contributed by atoms with Crippen molar-refractivity contribution in [2.75, 3.05) is 39.4 Å². The number of amides is 1. The molecule has 0 bridgehead atoms. The number of rotatable bonds is 2. The number of carbonyl (C=O) groups is 1. The van der Waals surface area contributed by atoms with Crippen LogP contribution in [0.25, 0.3) is 0 Å². The lowest BCUT2D eigenvalue weighted by Gasteiger charge is -2.49. The van der Waals surface area contributed by atoms with Gasteiger partial charge in [-0.2, -0.15) is 0 Å². The Morgan fingerprint density at radius 1 is 1.23 bits per heavy atom. The monoisotopic (exact) mass is 312 g/mol. The molecule has 0 atom stereocenters. The van der Waals surface area contributed by atoms with E-state index in [0.29, 0.717) is 31.9 Å². The van der Waals surface area contributed by atoms with Gasteiger partial charge in [0.15, 0.2) is 0 Å². The van der Waals surface area contributed by atoms with Crippen molar-refractivity contribution in [2.24, 2.45) is 0 Å². The molecule has 3 rings (SSSR count). The van der Waals surface area contributed by atoms with Crippen LogP contribution in [0, 0.1) is 0 Å². The summed E-state index contributed by atoms with van der Waals surface area (Å²) < 4.78 is 25.6. The first-order valence-electron chi connectivity index (χ1n) is 8.01. The molecule has 3 aliphatic rings. The van der Waals surface area contributed by atoms with Crippen molar-refractivity contribution < 1.29 is 18.7 Å². The van der Waals surface area contributed by atoms with Crippen molar-refractivity contribution in [3.63, 3.8) is 0 Å². The van der Waals surface area contributed by atoms with Crippen molar-refractivity contribution in [1.29, 1.82) is 0 Å². The Bertz CT molecular complexity index is 480. The summed E-state index contributed by atoms with van der Waals surface area (Å²) in [5.74, 6) is -0.0829. The van der Waals surface area contributed by atoms with Gasteiger partial charge in [-0.25, -0.2) is 9.18 Å². The van der Waals surface area contributed by atoms with Gasteiger partial charge < -0.3 is 9.47 Å². The summed E-state index contributed by atoms with van der Waals surface area (Å²) in [5.41, 5.74) is -0.374. The second kappa shape index (κ2) is 5.49. The first-order chi connectivity index (χ1) is 10.3. The van der Waals surface area contributed by atoms with Crippen LogP contribution < -0.4 is 0 Å². The van der Waals surface area contributed by atoms with Crippen LogP contribution in [0.4, 0.5) is 9.18 Å². The van der Waals surface area contributed by atoms with E-state index in [1.54, 1.807) is 0 Å². The molecule has 3 aliphatic heterocycles. The number of hydrogen-bond donors (Lipinski definition) is 0. The standard InChI is InChI=1S/C16H25FN2O3/c1-15(2,3)22-14(20)18-8-12(9-18)13(17)16(10-21-11-16)19-6-4-5-7-19/h4-11H2,1-3H3. The Kier molecular flexibility index (Phi) is 3.93. The Morgan fingerprint density at radius 2 is 1.82 bits per heavy atom. The Morgan fingerprint density at radius 3 is 2.27 bits per heavy atom. The molecule has 3 heterocycles. The fourth-order valence-electron chi connectivity index (χ4n) is 3.23. The quantitative estimate of drug-likeness (QED) is 0.785. The van der Waals surface area contributed by atoms with Crippen LogP contribution in [0.1, 0.15) is 33.6 Å². The molecule has 1 amide bonds. The second-order valence-corrected chi connectivity index (χ2v) is 7.47. The van der Waals surface area contributed by atoms with E-state index in [9.17, 15) is 9.18 Å². The number of hydrogen-bond acceptors (Lipinski definition) is 4. The third-order valence-corrected chi connectivity index (χ3v) is 4.53. The summed E-state index contributed by atoms with van der Waals surface area (Å²) in [6.07, 6.45) is 1.87. The predicted molar refractivity (Wildman–Crippen MR) is 80.3 cm³/mol. The van der Waals surface area contributed by atoms with E-state index in [0.717, 1.165) is 25.9 Å². The lowest BCUT2D eigenvalue weighted by Crippen LogP contribution is -2.63. The highest BCUT2D eigenvalue weighted by Gasteiger charge is 2.51. The second-order valence-electron chi connectivity index (χ2n) is 7.47. The highest BCUT2D eigenvalue weighted by Crippen LogP contribution is 2.39. The summed E-state index contributed by atoms with van der Waals surface area (Å²) in [4.78, 5) is 15.7. The molecule has 0 spiro atoms. The Balaban J connectivity index is 1.64. The molecule has 22 heavy (non-hydrogen) atoms. The molecule has 0 unspecified atom stereocenters. The van der Waals surface area contributed by atoms with Crippen molar-refractivity contribution >= 4 is 6.09 Å². The van der Waals surface area contributed by atoms with Crippen LogP contribution in [-0.2, 0) is 9.47 Å². The molecule has 0 aromatic rings. The average Bonchev–Trinajstić information content (AvgIpc) is 2.76. The highest BCUT2D eigenvalue weighted by atomic mass is 19.1. The summed E-state index contributed by atoms with van der Waals surface area (Å²) in [7, 11) is 0. The number of ether oxygens (including phenoxy) is 2. The van der Waals surface area contributed by atoms with Crippen LogP contribution in [0.15, 0.2) is 11.4 Å². The Hall–Kier alpha value is -1.14. The molecule has 0 aromatic carbocycles. The molecular weight excluding hydrogens is 287 g/mol.